The van der Waals surface area contributed by atoms with Gasteiger partial charge < -0.3 is 10.1 Å². The van der Waals surface area contributed by atoms with Gasteiger partial charge in [-0.2, -0.15) is 0 Å². The van der Waals surface area contributed by atoms with Crippen molar-refractivity contribution >= 4 is 56.5 Å². The summed E-state index contributed by atoms with van der Waals surface area (Å²) in [6, 6.07) is 9.08. The molecule has 0 aliphatic carbocycles. The predicted molar refractivity (Wildman–Crippen MR) is 114 cm³/mol. The van der Waals surface area contributed by atoms with Crippen molar-refractivity contribution in [1.82, 2.24) is 0 Å². The van der Waals surface area contributed by atoms with Crippen LogP contribution in [0.4, 0.5) is 11.4 Å². The fourth-order valence-corrected chi connectivity index (χ4v) is 3.80. The van der Waals surface area contributed by atoms with Crippen LogP contribution < -0.4 is 9.62 Å². The van der Waals surface area contributed by atoms with Gasteiger partial charge in [0.2, 0.25) is 15.9 Å². The van der Waals surface area contributed by atoms with E-state index in [1.54, 1.807) is 26.0 Å². The Hall–Kier alpha value is -2.29. The van der Waals surface area contributed by atoms with Gasteiger partial charge in [-0.25, -0.2) is 13.2 Å². The zero-order valence-corrected chi connectivity index (χ0v) is 18.4. The third-order valence-corrected chi connectivity index (χ3v) is 5.56. The second-order valence-corrected chi connectivity index (χ2v) is 8.91. The minimum atomic E-state index is -3.76. The van der Waals surface area contributed by atoms with Crippen LogP contribution in [-0.4, -0.2) is 39.7 Å². The van der Waals surface area contributed by atoms with Crippen molar-refractivity contribution in [3.63, 3.8) is 0 Å². The number of esters is 1. The number of halogens is 2. The van der Waals surface area contributed by atoms with Crippen LogP contribution in [0.3, 0.4) is 0 Å². The topological polar surface area (TPSA) is 92.8 Å². The Morgan fingerprint density at radius 2 is 1.83 bits per heavy atom. The van der Waals surface area contributed by atoms with Crippen molar-refractivity contribution in [2.24, 2.45) is 0 Å². The van der Waals surface area contributed by atoms with E-state index in [0.717, 1.165) is 10.6 Å². The second-order valence-electron chi connectivity index (χ2n) is 6.16. The van der Waals surface area contributed by atoms with E-state index in [0.29, 0.717) is 16.3 Å². The quantitative estimate of drug-likeness (QED) is 0.635. The van der Waals surface area contributed by atoms with Crippen LogP contribution in [0.15, 0.2) is 36.4 Å². The van der Waals surface area contributed by atoms with Gasteiger partial charge in [-0.15, -0.1) is 0 Å². The highest BCUT2D eigenvalue weighted by molar-refractivity contribution is 7.92. The number of anilines is 2. The Labute approximate surface area is 179 Å². The molecule has 0 saturated carbocycles. The molecule has 0 bridgehead atoms. The number of amides is 1. The van der Waals surface area contributed by atoms with Crippen molar-refractivity contribution in [2.75, 3.05) is 29.0 Å². The van der Waals surface area contributed by atoms with Gasteiger partial charge in [0.25, 0.3) is 0 Å². The Balaban J connectivity index is 2.27. The van der Waals surface area contributed by atoms with E-state index in [2.05, 4.69) is 5.32 Å². The van der Waals surface area contributed by atoms with Crippen molar-refractivity contribution < 1.29 is 22.7 Å². The number of nitrogens with zero attached hydrogens (tertiary/aromatic N) is 1. The van der Waals surface area contributed by atoms with E-state index in [1.807, 2.05) is 0 Å². The maximum atomic E-state index is 12.5. The van der Waals surface area contributed by atoms with E-state index in [-0.39, 0.29) is 22.9 Å². The molecule has 0 aliphatic heterocycles. The molecular weight excluding hydrogens is 439 g/mol. The van der Waals surface area contributed by atoms with Gasteiger partial charge in [0.15, 0.2) is 0 Å². The lowest BCUT2D eigenvalue weighted by molar-refractivity contribution is -0.114. The number of carbonyl (C=O) groups is 2. The van der Waals surface area contributed by atoms with Crippen LogP contribution in [0.2, 0.25) is 10.0 Å². The first kappa shape index (κ1) is 23.0. The lowest BCUT2D eigenvalue weighted by Gasteiger charge is -2.24. The first-order chi connectivity index (χ1) is 13.5. The summed E-state index contributed by atoms with van der Waals surface area (Å²) < 4.78 is 30.4. The number of sulfonamides is 1. The van der Waals surface area contributed by atoms with Crippen molar-refractivity contribution in [1.29, 1.82) is 0 Å². The zero-order valence-electron chi connectivity index (χ0n) is 16.0. The third-order valence-electron chi connectivity index (χ3n) is 3.87. The highest BCUT2D eigenvalue weighted by Crippen LogP contribution is 2.26. The number of ether oxygens (including phenoxy) is 1. The van der Waals surface area contributed by atoms with Gasteiger partial charge >= 0.3 is 5.97 Å². The summed E-state index contributed by atoms with van der Waals surface area (Å²) in [4.78, 5) is 24.5. The fraction of sp³-hybridized carbons (Fsp3) is 0.263. The molecule has 0 radical (unpaired) electrons. The highest BCUT2D eigenvalue weighted by Gasteiger charge is 2.23. The molecule has 0 aliphatic rings. The summed E-state index contributed by atoms with van der Waals surface area (Å²) >= 11 is 12.0. The van der Waals surface area contributed by atoms with Gasteiger partial charge in [0.1, 0.15) is 6.54 Å². The SMILES string of the molecule is CCOC(=O)c1cc(NC(=O)CN(c2cc(Cl)ccc2C)S(C)(=O)=O)ccc1Cl. The molecule has 2 aromatic rings. The molecule has 1 N–H and O–H groups in total. The Morgan fingerprint density at radius 3 is 2.45 bits per heavy atom. The minimum absolute atomic E-state index is 0.0944. The van der Waals surface area contributed by atoms with Gasteiger partial charge in [-0.1, -0.05) is 29.3 Å². The maximum absolute atomic E-state index is 12.5. The van der Waals surface area contributed by atoms with Crippen molar-refractivity contribution in [3.8, 4) is 0 Å². The van der Waals surface area contributed by atoms with Gasteiger partial charge in [0, 0.05) is 10.7 Å². The van der Waals surface area contributed by atoms with E-state index >= 15 is 0 Å². The molecule has 0 saturated heterocycles. The van der Waals surface area contributed by atoms with Crippen LogP contribution >= 0.6 is 23.2 Å². The molecule has 0 heterocycles. The largest absolute Gasteiger partial charge is 0.462 e. The molecule has 0 aromatic heterocycles. The number of hydrogen-bond donors (Lipinski definition) is 1. The molecule has 0 atom stereocenters. The number of nitrogens with one attached hydrogen (secondary N) is 1. The number of benzene rings is 2. The molecule has 1 amide bonds. The molecule has 2 aromatic carbocycles. The summed E-state index contributed by atoms with van der Waals surface area (Å²) in [5, 5.41) is 3.09. The third kappa shape index (κ3) is 6.09. The molecule has 7 nitrogen and oxygen atoms in total. The summed E-state index contributed by atoms with van der Waals surface area (Å²) in [5.41, 5.74) is 1.32. The standard InChI is InChI=1S/C19H20Cl2N2O5S/c1-4-28-19(25)15-10-14(7-8-16(15)21)22-18(24)11-23(29(3,26)27)17-9-13(20)6-5-12(17)2/h5-10H,4,11H2,1-3H3,(H,22,24). The van der Waals surface area contributed by atoms with E-state index in [4.69, 9.17) is 27.9 Å². The highest BCUT2D eigenvalue weighted by atomic mass is 35.5. The van der Waals surface area contributed by atoms with Crippen LogP contribution in [0, 0.1) is 6.92 Å². The first-order valence-corrected chi connectivity index (χ1v) is 11.1. The monoisotopic (exact) mass is 458 g/mol. The van der Waals surface area contributed by atoms with Crippen molar-refractivity contribution in [2.45, 2.75) is 13.8 Å². The average Bonchev–Trinajstić information content (AvgIpc) is 2.63. The summed E-state index contributed by atoms with van der Waals surface area (Å²) in [6.45, 7) is 3.08. The van der Waals surface area contributed by atoms with E-state index in [1.165, 1.54) is 24.3 Å². The van der Waals surface area contributed by atoms with Gasteiger partial charge in [0.05, 0.1) is 29.1 Å². The molecular formula is C19H20Cl2N2O5S. The molecule has 0 spiro atoms. The van der Waals surface area contributed by atoms with Crippen LogP contribution in [-0.2, 0) is 19.6 Å². The summed E-state index contributed by atoms with van der Waals surface area (Å²) in [5.74, 6) is -1.23. The van der Waals surface area contributed by atoms with Crippen molar-refractivity contribution in [3.05, 3.63) is 57.6 Å². The Bertz CT molecular complexity index is 1040. The molecule has 2 rings (SSSR count). The van der Waals surface area contributed by atoms with Crippen LogP contribution in [0.25, 0.3) is 0 Å². The minimum Gasteiger partial charge on any atom is -0.462 e. The number of hydrogen-bond acceptors (Lipinski definition) is 5. The lowest BCUT2D eigenvalue weighted by Crippen LogP contribution is -2.37. The number of carbonyl (C=O) groups excluding carboxylic acids is 2. The number of rotatable bonds is 7. The second kappa shape index (κ2) is 9.47. The lowest BCUT2D eigenvalue weighted by atomic mass is 10.2. The number of aryl methyl sites for hydroxylation is 1. The first-order valence-electron chi connectivity index (χ1n) is 8.53. The molecule has 10 heteroatoms. The predicted octanol–water partition coefficient (Wildman–Crippen LogP) is 3.88. The molecule has 0 unspecified atom stereocenters. The normalized spacial score (nSPS) is 11.1. The maximum Gasteiger partial charge on any atom is 0.339 e. The summed E-state index contributed by atoms with van der Waals surface area (Å²) in [7, 11) is -3.76. The van der Waals surface area contributed by atoms with Gasteiger partial charge in [-0.3, -0.25) is 9.10 Å². The Kier molecular flexibility index (Phi) is 7.51. The average molecular weight is 459 g/mol. The van der Waals surface area contributed by atoms with Crippen LogP contribution in [0.5, 0.6) is 0 Å². The van der Waals surface area contributed by atoms with Crippen LogP contribution in [0.1, 0.15) is 22.8 Å². The Morgan fingerprint density at radius 1 is 1.14 bits per heavy atom. The fourth-order valence-electron chi connectivity index (χ4n) is 2.53. The van der Waals surface area contributed by atoms with E-state index < -0.39 is 28.4 Å². The summed E-state index contributed by atoms with van der Waals surface area (Å²) in [6.07, 6.45) is 1.00. The van der Waals surface area contributed by atoms with Gasteiger partial charge in [-0.05, 0) is 49.7 Å². The van der Waals surface area contributed by atoms with E-state index in [9.17, 15) is 18.0 Å². The smallest absolute Gasteiger partial charge is 0.339 e. The molecule has 156 valence electrons. The molecule has 29 heavy (non-hydrogen) atoms. The molecule has 0 fully saturated rings. The zero-order chi connectivity index (χ0) is 21.8.